The molecule has 1 heterocycles. The minimum Gasteiger partial charge on any atom is -0.383 e. The molecule has 2 aromatic rings. The molecule has 10 heteroatoms. The molecule has 2 rings (SSSR count). The Kier molecular flexibility index (Phi) is 5.26. The Labute approximate surface area is 139 Å². The Morgan fingerprint density at radius 2 is 2.10 bits per heavy atom. The van der Waals surface area contributed by atoms with Crippen LogP contribution in [-0.4, -0.2) is 36.9 Å². The summed E-state index contributed by atoms with van der Waals surface area (Å²) in [5, 5.41) is 7.70. The number of ether oxygens (including phenoxy) is 1. The molecule has 0 fully saturated rings. The van der Waals surface area contributed by atoms with Crippen molar-refractivity contribution in [1.29, 1.82) is 0 Å². The van der Waals surface area contributed by atoms with Crippen molar-refractivity contribution < 1.29 is 13.2 Å². The van der Waals surface area contributed by atoms with Gasteiger partial charge in [0.2, 0.25) is 0 Å². The number of halogens is 3. The van der Waals surface area contributed by atoms with Crippen molar-refractivity contribution >= 4 is 47.3 Å². The standard InChI is InChI=1S/C11H10BrCl2N3O3S/c1-20-5-4-17-10(15-16-11(17)21(14,18)19)7-2-3-8(12)9(13)6-7/h2-3,6H,4-5H2,1H3. The summed E-state index contributed by atoms with van der Waals surface area (Å²) in [4.78, 5) is 0. The van der Waals surface area contributed by atoms with Gasteiger partial charge in [-0.05, 0) is 34.1 Å². The summed E-state index contributed by atoms with van der Waals surface area (Å²) in [5.74, 6) is 0.348. The quantitative estimate of drug-likeness (QED) is 0.703. The van der Waals surface area contributed by atoms with E-state index in [2.05, 4.69) is 26.1 Å². The molecule has 0 bridgehead atoms. The molecule has 0 saturated heterocycles. The number of rotatable bonds is 5. The Morgan fingerprint density at radius 1 is 1.38 bits per heavy atom. The van der Waals surface area contributed by atoms with E-state index in [0.29, 0.717) is 16.4 Å². The summed E-state index contributed by atoms with van der Waals surface area (Å²) in [6, 6.07) is 5.14. The maximum absolute atomic E-state index is 11.6. The fraction of sp³-hybridized carbons (Fsp3) is 0.273. The SMILES string of the molecule is COCCn1c(-c2ccc(Br)c(Cl)c2)nnc1S(=O)(=O)Cl. The third kappa shape index (κ3) is 3.75. The Balaban J connectivity index is 2.57. The number of hydrogen-bond acceptors (Lipinski definition) is 5. The highest BCUT2D eigenvalue weighted by Crippen LogP contribution is 2.29. The normalized spacial score (nSPS) is 11.8. The lowest BCUT2D eigenvalue weighted by Gasteiger charge is -2.09. The lowest BCUT2D eigenvalue weighted by atomic mass is 10.2. The predicted molar refractivity (Wildman–Crippen MR) is 83.1 cm³/mol. The van der Waals surface area contributed by atoms with Crippen LogP contribution in [0.5, 0.6) is 0 Å². The average Bonchev–Trinajstić information content (AvgIpc) is 2.83. The summed E-state index contributed by atoms with van der Waals surface area (Å²) in [6.07, 6.45) is 0. The van der Waals surface area contributed by atoms with E-state index in [1.807, 2.05) is 0 Å². The highest BCUT2D eigenvalue weighted by atomic mass is 79.9. The van der Waals surface area contributed by atoms with Gasteiger partial charge in [-0.3, -0.25) is 4.57 Å². The Bertz CT molecular complexity index is 764. The van der Waals surface area contributed by atoms with Crippen molar-refractivity contribution in [2.24, 2.45) is 0 Å². The zero-order valence-corrected chi connectivity index (χ0v) is 14.7. The number of hydrogen-bond donors (Lipinski definition) is 0. The van der Waals surface area contributed by atoms with Crippen LogP contribution in [-0.2, 0) is 20.3 Å². The van der Waals surface area contributed by atoms with Crippen LogP contribution >= 0.6 is 38.2 Å². The molecule has 114 valence electrons. The summed E-state index contributed by atoms with van der Waals surface area (Å²) < 4.78 is 30.2. The van der Waals surface area contributed by atoms with E-state index >= 15 is 0 Å². The van der Waals surface area contributed by atoms with Gasteiger partial charge in [0.05, 0.1) is 18.2 Å². The summed E-state index contributed by atoms with van der Waals surface area (Å²) in [6.45, 7) is 0.530. The first-order valence-electron chi connectivity index (χ1n) is 5.67. The maximum atomic E-state index is 11.6. The Morgan fingerprint density at radius 3 is 2.67 bits per heavy atom. The smallest absolute Gasteiger partial charge is 0.296 e. The second kappa shape index (κ2) is 6.62. The molecule has 0 saturated carbocycles. The van der Waals surface area contributed by atoms with Gasteiger partial charge in [0.25, 0.3) is 14.2 Å². The van der Waals surface area contributed by atoms with Crippen LogP contribution in [0.1, 0.15) is 0 Å². The minimum atomic E-state index is -4.01. The van der Waals surface area contributed by atoms with Gasteiger partial charge in [0.15, 0.2) is 5.82 Å². The largest absolute Gasteiger partial charge is 0.383 e. The van der Waals surface area contributed by atoms with E-state index in [0.717, 1.165) is 4.47 Å². The number of nitrogens with zero attached hydrogens (tertiary/aromatic N) is 3. The number of benzene rings is 1. The first-order valence-corrected chi connectivity index (χ1v) is 9.15. The van der Waals surface area contributed by atoms with E-state index in [4.69, 9.17) is 27.0 Å². The molecule has 0 radical (unpaired) electrons. The maximum Gasteiger partial charge on any atom is 0.296 e. The molecular weight excluding hydrogens is 405 g/mol. The van der Waals surface area contributed by atoms with Gasteiger partial charge < -0.3 is 4.74 Å². The van der Waals surface area contributed by atoms with Crippen molar-refractivity contribution in [2.45, 2.75) is 11.7 Å². The molecule has 6 nitrogen and oxygen atoms in total. The van der Waals surface area contributed by atoms with E-state index < -0.39 is 9.05 Å². The van der Waals surface area contributed by atoms with Crippen LogP contribution in [0.25, 0.3) is 11.4 Å². The molecule has 1 aromatic heterocycles. The first-order chi connectivity index (χ1) is 9.84. The van der Waals surface area contributed by atoms with Crippen LogP contribution in [0, 0.1) is 0 Å². The van der Waals surface area contributed by atoms with Gasteiger partial charge in [0, 0.05) is 27.8 Å². The van der Waals surface area contributed by atoms with Crippen LogP contribution < -0.4 is 0 Å². The summed E-state index contributed by atoms with van der Waals surface area (Å²) in [5.41, 5.74) is 0.623. The van der Waals surface area contributed by atoms with E-state index in [1.54, 1.807) is 18.2 Å². The van der Waals surface area contributed by atoms with Crippen LogP contribution in [0.4, 0.5) is 0 Å². The number of aromatic nitrogens is 3. The second-order valence-electron chi connectivity index (χ2n) is 4.02. The Hall–Kier alpha value is -0.670. The lowest BCUT2D eigenvalue weighted by molar-refractivity contribution is 0.185. The average molecular weight is 415 g/mol. The predicted octanol–water partition coefficient (Wildman–Crippen LogP) is 2.93. The van der Waals surface area contributed by atoms with Gasteiger partial charge >= 0.3 is 0 Å². The van der Waals surface area contributed by atoms with Crippen molar-refractivity contribution in [2.75, 3.05) is 13.7 Å². The lowest BCUT2D eigenvalue weighted by Crippen LogP contribution is -2.11. The summed E-state index contributed by atoms with van der Waals surface area (Å²) >= 11 is 9.33. The van der Waals surface area contributed by atoms with Gasteiger partial charge in [-0.15, -0.1) is 10.2 Å². The second-order valence-corrected chi connectivity index (χ2v) is 7.74. The molecule has 0 spiro atoms. The van der Waals surface area contributed by atoms with Gasteiger partial charge in [-0.25, -0.2) is 8.42 Å². The highest BCUT2D eigenvalue weighted by molar-refractivity contribution is 9.10. The van der Waals surface area contributed by atoms with Crippen LogP contribution in [0.3, 0.4) is 0 Å². The third-order valence-electron chi connectivity index (χ3n) is 2.63. The monoisotopic (exact) mass is 413 g/mol. The highest BCUT2D eigenvalue weighted by Gasteiger charge is 2.23. The third-order valence-corrected chi connectivity index (χ3v) is 5.02. The zero-order chi connectivity index (χ0) is 15.6. The van der Waals surface area contributed by atoms with Gasteiger partial charge in [-0.2, -0.15) is 0 Å². The molecule has 1 aromatic carbocycles. The van der Waals surface area contributed by atoms with Crippen molar-refractivity contribution in [3.63, 3.8) is 0 Å². The van der Waals surface area contributed by atoms with Gasteiger partial charge in [-0.1, -0.05) is 11.6 Å². The zero-order valence-electron chi connectivity index (χ0n) is 10.8. The summed E-state index contributed by atoms with van der Waals surface area (Å²) in [7, 11) is 2.88. The van der Waals surface area contributed by atoms with E-state index in [-0.39, 0.29) is 18.3 Å². The minimum absolute atomic E-state index is 0.244. The molecule has 0 amide bonds. The van der Waals surface area contributed by atoms with Crippen molar-refractivity contribution in [3.8, 4) is 11.4 Å². The molecule has 21 heavy (non-hydrogen) atoms. The van der Waals surface area contributed by atoms with Crippen LogP contribution in [0.15, 0.2) is 27.8 Å². The topological polar surface area (TPSA) is 74.1 Å². The van der Waals surface area contributed by atoms with Gasteiger partial charge in [0.1, 0.15) is 0 Å². The van der Waals surface area contributed by atoms with Crippen LogP contribution in [0.2, 0.25) is 5.02 Å². The fourth-order valence-corrected chi connectivity index (χ4v) is 3.05. The molecule has 0 aliphatic rings. The fourth-order valence-electron chi connectivity index (χ4n) is 1.70. The molecule has 0 unspecified atom stereocenters. The van der Waals surface area contributed by atoms with E-state index in [9.17, 15) is 8.42 Å². The molecule has 0 aliphatic heterocycles. The number of methoxy groups -OCH3 is 1. The molecule has 0 N–H and O–H groups in total. The molecular formula is C11H10BrCl2N3O3S. The molecule has 0 atom stereocenters. The van der Waals surface area contributed by atoms with E-state index in [1.165, 1.54) is 11.7 Å². The first kappa shape index (κ1) is 16.7. The molecule has 0 aliphatic carbocycles. The van der Waals surface area contributed by atoms with Crippen molar-refractivity contribution in [3.05, 3.63) is 27.7 Å². The van der Waals surface area contributed by atoms with Crippen molar-refractivity contribution in [1.82, 2.24) is 14.8 Å².